The maximum absolute atomic E-state index is 5.55. The maximum Gasteiger partial charge on any atom is 0.0733 e. The molecule has 3 heteroatoms. The summed E-state index contributed by atoms with van der Waals surface area (Å²) in [4.78, 5) is 4.38. The van der Waals surface area contributed by atoms with E-state index in [0.29, 0.717) is 6.54 Å². The van der Waals surface area contributed by atoms with Crippen molar-refractivity contribution in [1.82, 2.24) is 4.98 Å². The number of fused-ring (bicyclic) bond motifs is 1. The van der Waals surface area contributed by atoms with Crippen LogP contribution in [0.15, 0.2) is 30.5 Å². The Kier molecular flexibility index (Phi) is 4.06. The van der Waals surface area contributed by atoms with E-state index in [0.717, 1.165) is 11.9 Å². The summed E-state index contributed by atoms with van der Waals surface area (Å²) in [5.41, 5.74) is 9.21. The second-order valence-corrected chi connectivity index (χ2v) is 3.46. The van der Waals surface area contributed by atoms with Crippen LogP contribution in [0, 0.1) is 6.92 Å². The number of nitrogens with two attached hydrogens (primary N) is 1. The van der Waals surface area contributed by atoms with Gasteiger partial charge in [-0.15, -0.1) is 12.4 Å². The van der Waals surface area contributed by atoms with E-state index < -0.39 is 0 Å². The molecule has 0 aliphatic heterocycles. The molecule has 0 atom stereocenters. The Morgan fingerprint density at radius 3 is 2.80 bits per heavy atom. The fourth-order valence-corrected chi connectivity index (χ4v) is 1.76. The Bertz CT molecular complexity index is 454. The predicted molar refractivity (Wildman–Crippen MR) is 66.5 cm³/mol. The van der Waals surface area contributed by atoms with Gasteiger partial charge in [-0.25, -0.2) is 0 Å². The van der Waals surface area contributed by atoms with E-state index in [1.807, 2.05) is 12.3 Å². The van der Waals surface area contributed by atoms with E-state index in [2.05, 4.69) is 30.1 Å². The first-order valence-corrected chi connectivity index (χ1v) is 4.86. The summed E-state index contributed by atoms with van der Waals surface area (Å²) in [6.45, 7) is 2.81. The summed E-state index contributed by atoms with van der Waals surface area (Å²) >= 11 is 0. The molecule has 2 rings (SSSR count). The third-order valence-corrected chi connectivity index (χ3v) is 2.55. The van der Waals surface area contributed by atoms with Crippen LogP contribution in [0.2, 0.25) is 0 Å². The van der Waals surface area contributed by atoms with Crippen LogP contribution in [-0.2, 0) is 6.42 Å². The van der Waals surface area contributed by atoms with Gasteiger partial charge in [-0.3, -0.25) is 4.98 Å². The molecule has 0 aliphatic carbocycles. The van der Waals surface area contributed by atoms with E-state index in [1.54, 1.807) is 0 Å². The number of halogens is 1. The molecule has 0 saturated heterocycles. The molecule has 0 spiro atoms. The number of aromatic nitrogens is 1. The van der Waals surface area contributed by atoms with Crippen LogP contribution >= 0.6 is 12.4 Å². The summed E-state index contributed by atoms with van der Waals surface area (Å²) in [7, 11) is 0. The third kappa shape index (κ3) is 2.28. The summed E-state index contributed by atoms with van der Waals surface area (Å²) in [6, 6.07) is 8.30. The van der Waals surface area contributed by atoms with Gasteiger partial charge in [-0.05, 0) is 37.1 Å². The van der Waals surface area contributed by atoms with Gasteiger partial charge in [0.2, 0.25) is 0 Å². The fourth-order valence-electron chi connectivity index (χ4n) is 1.76. The van der Waals surface area contributed by atoms with Gasteiger partial charge in [0.25, 0.3) is 0 Å². The maximum atomic E-state index is 5.55. The molecular weight excluding hydrogens is 208 g/mol. The Morgan fingerprint density at radius 2 is 2.07 bits per heavy atom. The minimum atomic E-state index is 0. The molecule has 0 radical (unpaired) electrons. The molecule has 2 nitrogen and oxygen atoms in total. The molecule has 0 unspecified atom stereocenters. The van der Waals surface area contributed by atoms with Gasteiger partial charge in [0.1, 0.15) is 0 Å². The zero-order valence-electron chi connectivity index (χ0n) is 8.73. The zero-order valence-corrected chi connectivity index (χ0v) is 9.55. The van der Waals surface area contributed by atoms with Crippen LogP contribution in [0.1, 0.15) is 11.1 Å². The molecule has 1 heterocycles. The smallest absolute Gasteiger partial charge is 0.0733 e. The van der Waals surface area contributed by atoms with Crippen LogP contribution in [0.3, 0.4) is 0 Å². The average Bonchev–Trinajstić information content (AvgIpc) is 2.23. The van der Waals surface area contributed by atoms with Crippen molar-refractivity contribution in [3.8, 4) is 0 Å². The predicted octanol–water partition coefficient (Wildman–Crippen LogP) is 2.47. The number of rotatable bonds is 2. The third-order valence-electron chi connectivity index (χ3n) is 2.55. The molecule has 0 bridgehead atoms. The van der Waals surface area contributed by atoms with Gasteiger partial charge < -0.3 is 5.73 Å². The molecule has 1 aromatic carbocycles. The van der Waals surface area contributed by atoms with Crippen molar-refractivity contribution in [2.45, 2.75) is 13.3 Å². The molecule has 0 fully saturated rings. The van der Waals surface area contributed by atoms with E-state index in [9.17, 15) is 0 Å². The van der Waals surface area contributed by atoms with Crippen molar-refractivity contribution < 1.29 is 0 Å². The van der Waals surface area contributed by atoms with Crippen LogP contribution in [-0.4, -0.2) is 11.5 Å². The zero-order chi connectivity index (χ0) is 9.97. The van der Waals surface area contributed by atoms with Crippen molar-refractivity contribution in [2.24, 2.45) is 5.73 Å². The Labute approximate surface area is 95.9 Å². The fraction of sp³-hybridized carbons (Fsp3) is 0.250. The second kappa shape index (κ2) is 5.10. The molecule has 1 aromatic heterocycles. The highest BCUT2D eigenvalue weighted by atomic mass is 35.5. The molecule has 0 aliphatic rings. The van der Waals surface area contributed by atoms with Crippen LogP contribution < -0.4 is 5.73 Å². The summed E-state index contributed by atoms with van der Waals surface area (Å²) in [6.07, 6.45) is 2.76. The van der Waals surface area contributed by atoms with Gasteiger partial charge in [-0.1, -0.05) is 18.2 Å². The topological polar surface area (TPSA) is 38.9 Å². The van der Waals surface area contributed by atoms with Gasteiger partial charge in [0, 0.05) is 11.6 Å². The molecule has 2 aromatic rings. The lowest BCUT2D eigenvalue weighted by molar-refractivity contribution is 0.960. The normalized spacial score (nSPS) is 10.0. The largest absolute Gasteiger partial charge is 0.330 e. The first-order chi connectivity index (χ1) is 6.83. The van der Waals surface area contributed by atoms with E-state index in [1.165, 1.54) is 16.5 Å². The quantitative estimate of drug-likeness (QED) is 0.848. The molecular formula is C12H15ClN2. The highest BCUT2D eigenvalue weighted by Crippen LogP contribution is 2.19. The monoisotopic (exact) mass is 222 g/mol. The molecule has 0 amide bonds. The molecule has 80 valence electrons. The highest BCUT2D eigenvalue weighted by molar-refractivity contribution is 5.85. The minimum absolute atomic E-state index is 0. The van der Waals surface area contributed by atoms with Crippen molar-refractivity contribution in [1.29, 1.82) is 0 Å². The molecule has 2 N–H and O–H groups in total. The summed E-state index contributed by atoms with van der Waals surface area (Å²) in [5.74, 6) is 0. The van der Waals surface area contributed by atoms with Crippen molar-refractivity contribution in [3.05, 3.63) is 41.6 Å². The first kappa shape index (κ1) is 12.0. The minimum Gasteiger partial charge on any atom is -0.330 e. The van der Waals surface area contributed by atoms with Crippen LogP contribution in [0.4, 0.5) is 0 Å². The van der Waals surface area contributed by atoms with Gasteiger partial charge in [-0.2, -0.15) is 0 Å². The van der Waals surface area contributed by atoms with E-state index >= 15 is 0 Å². The Morgan fingerprint density at radius 1 is 1.27 bits per heavy atom. The number of aryl methyl sites for hydroxylation is 1. The van der Waals surface area contributed by atoms with Crippen LogP contribution in [0.25, 0.3) is 10.9 Å². The summed E-state index contributed by atoms with van der Waals surface area (Å²) < 4.78 is 0. The van der Waals surface area contributed by atoms with Crippen molar-refractivity contribution in [2.75, 3.05) is 6.54 Å². The molecule has 0 saturated carbocycles. The number of pyridine rings is 1. The number of hydrogen-bond donors (Lipinski definition) is 1. The van der Waals surface area contributed by atoms with Crippen LogP contribution in [0.5, 0.6) is 0 Å². The SMILES string of the molecule is Cc1c(CCN)ccc2cccnc12.Cl. The number of hydrogen-bond acceptors (Lipinski definition) is 2. The highest BCUT2D eigenvalue weighted by Gasteiger charge is 2.02. The summed E-state index contributed by atoms with van der Waals surface area (Å²) in [5, 5.41) is 1.20. The van der Waals surface area contributed by atoms with Crippen molar-refractivity contribution in [3.63, 3.8) is 0 Å². The average molecular weight is 223 g/mol. The van der Waals surface area contributed by atoms with Gasteiger partial charge in [0.05, 0.1) is 5.52 Å². The second-order valence-electron chi connectivity index (χ2n) is 3.46. The lowest BCUT2D eigenvalue weighted by atomic mass is 10.0. The standard InChI is InChI=1S/C12H14N2.ClH/c1-9-10(6-7-13)4-5-11-3-2-8-14-12(9)11;/h2-5,8H,6-7,13H2,1H3;1H. The lowest BCUT2D eigenvalue weighted by Crippen LogP contribution is -2.04. The number of benzene rings is 1. The van der Waals surface area contributed by atoms with Gasteiger partial charge >= 0.3 is 0 Å². The van der Waals surface area contributed by atoms with E-state index in [4.69, 9.17) is 5.73 Å². The number of nitrogens with zero attached hydrogens (tertiary/aromatic N) is 1. The van der Waals surface area contributed by atoms with E-state index in [-0.39, 0.29) is 12.4 Å². The lowest BCUT2D eigenvalue weighted by Gasteiger charge is -2.06. The molecule has 15 heavy (non-hydrogen) atoms. The van der Waals surface area contributed by atoms with Gasteiger partial charge in [0.15, 0.2) is 0 Å². The Balaban J connectivity index is 0.00000112. The first-order valence-electron chi connectivity index (χ1n) is 4.86. The Hall–Kier alpha value is -1.12. The van der Waals surface area contributed by atoms with Crippen molar-refractivity contribution >= 4 is 23.3 Å².